The second-order valence-corrected chi connectivity index (χ2v) is 5.50. The molecule has 7 heteroatoms. The first kappa shape index (κ1) is 13.4. The Bertz CT molecular complexity index is 776. The van der Waals surface area contributed by atoms with E-state index < -0.39 is 20.6 Å². The van der Waals surface area contributed by atoms with Crippen LogP contribution in [-0.2, 0) is 10.1 Å². The topological polar surface area (TPSA) is 89.3 Å². The third-order valence-electron chi connectivity index (χ3n) is 2.68. The van der Waals surface area contributed by atoms with Gasteiger partial charge in [0.25, 0.3) is 5.56 Å². The molecule has 0 aliphatic heterocycles. The molecular formula is C12H12N2O4S. The van der Waals surface area contributed by atoms with Gasteiger partial charge >= 0.3 is 10.1 Å². The number of hydrogen-bond donors (Lipinski definition) is 1. The third-order valence-corrected chi connectivity index (χ3v) is 3.66. The Balaban J connectivity index is 2.75. The molecule has 0 saturated carbocycles. The zero-order chi connectivity index (χ0) is 14.2. The van der Waals surface area contributed by atoms with E-state index >= 15 is 0 Å². The lowest BCUT2D eigenvalue weighted by molar-refractivity contribution is 0.479. The number of aryl methyl sites for hydroxylation is 2. The lowest BCUT2D eigenvalue weighted by Gasteiger charge is -2.08. The van der Waals surface area contributed by atoms with Crippen LogP contribution in [0.4, 0.5) is 0 Å². The molecule has 19 heavy (non-hydrogen) atoms. The van der Waals surface area contributed by atoms with Crippen molar-refractivity contribution in [1.82, 2.24) is 9.55 Å². The van der Waals surface area contributed by atoms with E-state index in [1.807, 2.05) is 6.92 Å². The van der Waals surface area contributed by atoms with Crippen LogP contribution in [0.1, 0.15) is 11.3 Å². The van der Waals surface area contributed by atoms with Gasteiger partial charge in [-0.25, -0.2) is 4.98 Å². The molecule has 0 unspecified atom stereocenters. The molecule has 0 radical (unpaired) electrons. The summed E-state index contributed by atoms with van der Waals surface area (Å²) in [5.74, 6) is 0. The summed E-state index contributed by atoms with van der Waals surface area (Å²) in [4.78, 5) is 15.2. The third kappa shape index (κ3) is 2.56. The van der Waals surface area contributed by atoms with E-state index in [0.717, 1.165) is 10.1 Å². The molecule has 6 nitrogen and oxygen atoms in total. The fraction of sp³-hybridized carbons (Fsp3) is 0.167. The minimum atomic E-state index is -4.60. The van der Waals surface area contributed by atoms with E-state index in [9.17, 15) is 13.2 Å². The molecule has 0 amide bonds. The van der Waals surface area contributed by atoms with Crippen LogP contribution in [0, 0.1) is 13.8 Å². The Hall–Kier alpha value is -1.99. The summed E-state index contributed by atoms with van der Waals surface area (Å²) >= 11 is 0. The van der Waals surface area contributed by atoms with Gasteiger partial charge in [-0.05, 0) is 26.0 Å². The van der Waals surface area contributed by atoms with E-state index in [4.69, 9.17) is 4.55 Å². The van der Waals surface area contributed by atoms with Gasteiger partial charge in [0, 0.05) is 0 Å². The van der Waals surface area contributed by atoms with E-state index in [1.165, 1.54) is 13.3 Å². The van der Waals surface area contributed by atoms with Gasteiger partial charge in [-0.15, -0.1) is 0 Å². The average molecular weight is 280 g/mol. The van der Waals surface area contributed by atoms with Crippen LogP contribution in [0.3, 0.4) is 0 Å². The highest BCUT2D eigenvalue weighted by molar-refractivity contribution is 7.85. The fourth-order valence-corrected chi connectivity index (χ4v) is 2.45. The van der Waals surface area contributed by atoms with Crippen molar-refractivity contribution in [3.63, 3.8) is 0 Å². The number of rotatable bonds is 2. The Kier molecular flexibility index (Phi) is 3.25. The zero-order valence-electron chi connectivity index (χ0n) is 10.4. The van der Waals surface area contributed by atoms with Crippen LogP contribution < -0.4 is 5.56 Å². The molecule has 2 aromatic rings. The Morgan fingerprint density at radius 1 is 1.16 bits per heavy atom. The maximum Gasteiger partial charge on any atom is 0.301 e. The summed E-state index contributed by atoms with van der Waals surface area (Å²) in [6.45, 7) is 3.24. The molecule has 2 rings (SSSR count). The Labute approximate surface area is 110 Å². The summed E-state index contributed by atoms with van der Waals surface area (Å²) < 4.78 is 32.6. The van der Waals surface area contributed by atoms with Crippen molar-refractivity contribution in [1.29, 1.82) is 0 Å². The van der Waals surface area contributed by atoms with Crippen LogP contribution >= 0.6 is 0 Å². The molecule has 1 aromatic carbocycles. The van der Waals surface area contributed by atoms with Crippen molar-refractivity contribution in [2.24, 2.45) is 0 Å². The van der Waals surface area contributed by atoms with E-state index in [1.54, 1.807) is 24.3 Å². The second kappa shape index (κ2) is 4.60. The summed E-state index contributed by atoms with van der Waals surface area (Å²) in [5.41, 5.74) is 0.634. The first-order valence-electron chi connectivity index (χ1n) is 5.43. The van der Waals surface area contributed by atoms with Gasteiger partial charge in [-0.1, -0.05) is 17.7 Å². The smallest absolute Gasteiger partial charge is 0.282 e. The maximum atomic E-state index is 12.1. The molecule has 0 fully saturated rings. The van der Waals surface area contributed by atoms with Gasteiger partial charge in [0.1, 0.15) is 6.33 Å². The highest BCUT2D eigenvalue weighted by Crippen LogP contribution is 2.10. The number of nitrogens with zero attached hydrogens (tertiary/aromatic N) is 2. The van der Waals surface area contributed by atoms with Gasteiger partial charge in [-0.2, -0.15) is 8.42 Å². The van der Waals surface area contributed by atoms with Crippen LogP contribution in [0.2, 0.25) is 0 Å². The molecule has 1 heterocycles. The molecule has 0 aliphatic rings. The van der Waals surface area contributed by atoms with Gasteiger partial charge in [0.2, 0.25) is 0 Å². The minimum Gasteiger partial charge on any atom is -0.282 e. The normalized spacial score (nSPS) is 11.5. The fourth-order valence-electron chi connectivity index (χ4n) is 1.71. The first-order chi connectivity index (χ1) is 8.80. The molecule has 0 atom stereocenters. The lowest BCUT2D eigenvalue weighted by Crippen LogP contribution is -2.26. The average Bonchev–Trinajstić information content (AvgIpc) is 2.29. The van der Waals surface area contributed by atoms with E-state index in [0.29, 0.717) is 5.69 Å². The predicted octanol–water partition coefficient (Wildman–Crippen LogP) is 1.10. The van der Waals surface area contributed by atoms with Crippen molar-refractivity contribution in [3.8, 4) is 5.69 Å². The Morgan fingerprint density at radius 3 is 2.26 bits per heavy atom. The Morgan fingerprint density at radius 2 is 1.74 bits per heavy atom. The zero-order valence-corrected chi connectivity index (χ0v) is 11.2. The number of aromatic nitrogens is 2. The summed E-state index contributed by atoms with van der Waals surface area (Å²) in [5, 5.41) is 0. The maximum absolute atomic E-state index is 12.1. The van der Waals surface area contributed by atoms with Crippen molar-refractivity contribution < 1.29 is 13.0 Å². The summed E-state index contributed by atoms with van der Waals surface area (Å²) in [7, 11) is -4.60. The SMILES string of the molecule is Cc1ccc(-n2cnc(C)c(S(=O)(=O)O)c2=O)cc1. The van der Waals surface area contributed by atoms with E-state index in [-0.39, 0.29) is 5.69 Å². The number of benzene rings is 1. The lowest BCUT2D eigenvalue weighted by atomic mass is 10.2. The summed E-state index contributed by atoms with van der Waals surface area (Å²) in [6, 6.07) is 6.91. The van der Waals surface area contributed by atoms with Gasteiger partial charge in [0.05, 0.1) is 11.4 Å². The van der Waals surface area contributed by atoms with Crippen molar-refractivity contribution >= 4 is 10.1 Å². The highest BCUT2D eigenvalue weighted by atomic mass is 32.2. The second-order valence-electron chi connectivity index (χ2n) is 4.14. The van der Waals surface area contributed by atoms with Crippen LogP contribution in [0.25, 0.3) is 5.69 Å². The largest absolute Gasteiger partial charge is 0.301 e. The standard InChI is InChI=1S/C12H12N2O4S/c1-8-3-5-10(6-4-8)14-7-13-9(2)11(12(14)15)19(16,17)18/h3-7H,1-2H3,(H,16,17,18). The van der Waals surface area contributed by atoms with Gasteiger partial charge in [-0.3, -0.25) is 13.9 Å². The molecule has 0 saturated heterocycles. The van der Waals surface area contributed by atoms with Crippen molar-refractivity contribution in [3.05, 3.63) is 52.2 Å². The highest BCUT2D eigenvalue weighted by Gasteiger charge is 2.21. The molecule has 1 N–H and O–H groups in total. The van der Waals surface area contributed by atoms with Crippen LogP contribution in [-0.4, -0.2) is 22.5 Å². The van der Waals surface area contributed by atoms with Gasteiger partial charge in [0.15, 0.2) is 4.90 Å². The molecular weight excluding hydrogens is 268 g/mol. The van der Waals surface area contributed by atoms with Crippen molar-refractivity contribution in [2.45, 2.75) is 18.7 Å². The quantitative estimate of drug-likeness (QED) is 0.832. The summed E-state index contributed by atoms with van der Waals surface area (Å²) in [6.07, 6.45) is 1.23. The molecule has 0 aliphatic carbocycles. The predicted molar refractivity (Wildman–Crippen MR) is 69.1 cm³/mol. The monoisotopic (exact) mass is 280 g/mol. The van der Waals surface area contributed by atoms with E-state index in [2.05, 4.69) is 4.98 Å². The molecule has 0 spiro atoms. The molecule has 100 valence electrons. The first-order valence-corrected chi connectivity index (χ1v) is 6.87. The van der Waals surface area contributed by atoms with Crippen molar-refractivity contribution in [2.75, 3.05) is 0 Å². The van der Waals surface area contributed by atoms with Crippen LogP contribution in [0.15, 0.2) is 40.3 Å². The van der Waals surface area contributed by atoms with Gasteiger partial charge < -0.3 is 0 Å². The molecule has 1 aromatic heterocycles. The molecule has 0 bridgehead atoms. The van der Waals surface area contributed by atoms with Crippen LogP contribution in [0.5, 0.6) is 0 Å². The minimum absolute atomic E-state index is 0.0316. The number of hydrogen-bond acceptors (Lipinski definition) is 4.